The predicted octanol–water partition coefficient (Wildman–Crippen LogP) is 1.99. The van der Waals surface area contributed by atoms with Crippen molar-refractivity contribution in [3.8, 4) is 5.75 Å². The number of nitrogens with one attached hydrogen (secondary N) is 1. The fourth-order valence-electron chi connectivity index (χ4n) is 2.40. The van der Waals surface area contributed by atoms with Gasteiger partial charge in [-0.3, -0.25) is 4.98 Å². The van der Waals surface area contributed by atoms with Crippen molar-refractivity contribution in [1.29, 1.82) is 0 Å². The van der Waals surface area contributed by atoms with Gasteiger partial charge in [0.2, 0.25) is 0 Å². The van der Waals surface area contributed by atoms with E-state index in [2.05, 4.69) is 10.3 Å². The minimum absolute atomic E-state index is 0.166. The highest BCUT2D eigenvalue weighted by atomic mass is 16.5. The molecule has 1 aromatic heterocycles. The van der Waals surface area contributed by atoms with Crippen molar-refractivity contribution in [2.24, 2.45) is 0 Å². The number of fused-ring (bicyclic) bond motifs is 1. The third-order valence-corrected chi connectivity index (χ3v) is 3.30. The van der Waals surface area contributed by atoms with E-state index in [0.29, 0.717) is 12.1 Å². The van der Waals surface area contributed by atoms with Crippen LogP contribution in [-0.4, -0.2) is 29.8 Å². The van der Waals surface area contributed by atoms with Crippen LogP contribution in [0.1, 0.15) is 18.0 Å². The fourth-order valence-corrected chi connectivity index (χ4v) is 2.40. The Hall–Kier alpha value is -1.65. The van der Waals surface area contributed by atoms with Crippen LogP contribution in [0.25, 0.3) is 10.9 Å². The first-order valence-electron chi connectivity index (χ1n) is 6.24. The fraction of sp³-hybridized carbons (Fsp3) is 0.357. The van der Waals surface area contributed by atoms with E-state index in [9.17, 15) is 5.11 Å². The predicted molar refractivity (Wildman–Crippen MR) is 69.6 cm³/mol. The number of rotatable bonds is 1. The van der Waals surface area contributed by atoms with E-state index in [-0.39, 0.29) is 11.8 Å². The summed E-state index contributed by atoms with van der Waals surface area (Å²) in [5.74, 6) is 0.226. The van der Waals surface area contributed by atoms with Gasteiger partial charge in [0.05, 0.1) is 12.6 Å². The summed E-state index contributed by atoms with van der Waals surface area (Å²) < 4.78 is 5.60. The second-order valence-electron chi connectivity index (χ2n) is 4.51. The highest BCUT2D eigenvalue weighted by Crippen LogP contribution is 2.28. The molecule has 0 amide bonds. The lowest BCUT2D eigenvalue weighted by molar-refractivity contribution is 0.132. The van der Waals surface area contributed by atoms with Gasteiger partial charge in [0.1, 0.15) is 11.3 Å². The van der Waals surface area contributed by atoms with Gasteiger partial charge in [-0.25, -0.2) is 0 Å². The second kappa shape index (κ2) is 4.92. The van der Waals surface area contributed by atoms with Gasteiger partial charge in [-0.15, -0.1) is 0 Å². The van der Waals surface area contributed by atoms with E-state index in [1.165, 1.54) is 0 Å². The summed E-state index contributed by atoms with van der Waals surface area (Å²) in [6.45, 7) is 2.42. The number of ether oxygens (including phenoxy) is 1. The molecule has 0 radical (unpaired) electrons. The van der Waals surface area contributed by atoms with Gasteiger partial charge in [0, 0.05) is 18.2 Å². The molecule has 4 nitrogen and oxygen atoms in total. The number of para-hydroxylation sites is 1. The van der Waals surface area contributed by atoms with Crippen LogP contribution in [0.3, 0.4) is 0 Å². The van der Waals surface area contributed by atoms with Crippen LogP contribution in [0, 0.1) is 0 Å². The molecule has 0 saturated carbocycles. The number of hydrogen-bond donors (Lipinski definition) is 2. The van der Waals surface area contributed by atoms with E-state index < -0.39 is 0 Å². The monoisotopic (exact) mass is 244 g/mol. The summed E-state index contributed by atoms with van der Waals surface area (Å²) in [5.41, 5.74) is 1.79. The Morgan fingerprint density at radius 3 is 3.22 bits per heavy atom. The molecule has 1 atom stereocenters. The lowest BCUT2D eigenvalue weighted by Crippen LogP contribution is -2.23. The van der Waals surface area contributed by atoms with E-state index >= 15 is 0 Å². The van der Waals surface area contributed by atoms with Gasteiger partial charge in [0.15, 0.2) is 0 Å². The Balaban J connectivity index is 2.08. The largest absolute Gasteiger partial charge is 0.506 e. The summed E-state index contributed by atoms with van der Waals surface area (Å²) in [5, 5.41) is 14.3. The summed E-state index contributed by atoms with van der Waals surface area (Å²) in [4.78, 5) is 4.24. The van der Waals surface area contributed by atoms with Gasteiger partial charge < -0.3 is 15.2 Å². The third-order valence-electron chi connectivity index (χ3n) is 3.30. The molecular weight excluding hydrogens is 228 g/mol. The maximum Gasteiger partial charge on any atom is 0.141 e. The van der Waals surface area contributed by atoms with Crippen LogP contribution in [0.4, 0.5) is 0 Å². The molecule has 4 heteroatoms. The van der Waals surface area contributed by atoms with Gasteiger partial charge in [0.25, 0.3) is 0 Å². The Labute approximate surface area is 106 Å². The molecule has 1 unspecified atom stereocenters. The summed E-state index contributed by atoms with van der Waals surface area (Å²) in [6.07, 6.45) is 2.77. The molecule has 2 aromatic rings. The number of phenolic OH excluding ortho intramolecular Hbond substituents is 1. The molecule has 18 heavy (non-hydrogen) atoms. The maximum absolute atomic E-state index is 9.84. The number of hydrogen-bond acceptors (Lipinski definition) is 4. The van der Waals surface area contributed by atoms with Crippen molar-refractivity contribution >= 4 is 10.9 Å². The van der Waals surface area contributed by atoms with E-state index in [0.717, 1.165) is 30.5 Å². The lowest BCUT2D eigenvalue weighted by atomic mass is 10.0. The van der Waals surface area contributed by atoms with E-state index in [1.54, 1.807) is 12.3 Å². The van der Waals surface area contributed by atoms with Crippen molar-refractivity contribution in [2.45, 2.75) is 12.5 Å². The molecule has 2 heterocycles. The zero-order valence-corrected chi connectivity index (χ0v) is 10.1. The summed E-state index contributed by atoms with van der Waals surface area (Å²) in [7, 11) is 0. The Morgan fingerprint density at radius 1 is 1.33 bits per heavy atom. The first-order chi connectivity index (χ1) is 8.86. The molecule has 94 valence electrons. The molecule has 0 spiro atoms. The van der Waals surface area contributed by atoms with E-state index in [4.69, 9.17) is 4.74 Å². The zero-order chi connectivity index (χ0) is 12.4. The Kier molecular flexibility index (Phi) is 3.13. The van der Waals surface area contributed by atoms with Crippen LogP contribution in [0.15, 0.2) is 30.5 Å². The van der Waals surface area contributed by atoms with Crippen molar-refractivity contribution in [1.82, 2.24) is 10.3 Å². The van der Waals surface area contributed by atoms with Crippen LogP contribution in [0.5, 0.6) is 5.75 Å². The third kappa shape index (κ3) is 2.05. The average molecular weight is 244 g/mol. The summed E-state index contributed by atoms with van der Waals surface area (Å²) >= 11 is 0. The Morgan fingerprint density at radius 2 is 2.28 bits per heavy atom. The molecule has 1 fully saturated rings. The minimum Gasteiger partial charge on any atom is -0.506 e. The smallest absolute Gasteiger partial charge is 0.141 e. The van der Waals surface area contributed by atoms with Crippen molar-refractivity contribution in [3.63, 3.8) is 0 Å². The molecule has 3 rings (SSSR count). The van der Waals surface area contributed by atoms with Crippen molar-refractivity contribution in [3.05, 3.63) is 36.0 Å². The second-order valence-corrected chi connectivity index (χ2v) is 4.51. The number of benzene rings is 1. The maximum atomic E-state index is 9.84. The number of aromatic nitrogens is 1. The van der Waals surface area contributed by atoms with Crippen molar-refractivity contribution < 1.29 is 9.84 Å². The van der Waals surface area contributed by atoms with Crippen LogP contribution < -0.4 is 5.32 Å². The van der Waals surface area contributed by atoms with Gasteiger partial charge in [-0.2, -0.15) is 0 Å². The normalized spacial score (nSPS) is 20.8. The number of pyridine rings is 1. The molecule has 1 aliphatic heterocycles. The molecule has 0 aliphatic carbocycles. The van der Waals surface area contributed by atoms with Gasteiger partial charge in [-0.1, -0.05) is 12.1 Å². The minimum atomic E-state index is 0.166. The first-order valence-corrected chi connectivity index (χ1v) is 6.24. The van der Waals surface area contributed by atoms with Gasteiger partial charge in [-0.05, 0) is 30.7 Å². The topological polar surface area (TPSA) is 54.4 Å². The summed E-state index contributed by atoms with van der Waals surface area (Å²) in [6, 6.07) is 7.66. The van der Waals surface area contributed by atoms with Crippen LogP contribution >= 0.6 is 0 Å². The van der Waals surface area contributed by atoms with Crippen LogP contribution in [0.2, 0.25) is 0 Å². The molecule has 1 saturated heterocycles. The lowest BCUT2D eigenvalue weighted by Gasteiger charge is -2.17. The SMILES string of the molecule is Oc1cccc2c(C3COCCCN3)ccnc12. The number of nitrogens with zero attached hydrogens (tertiary/aromatic N) is 1. The van der Waals surface area contributed by atoms with Gasteiger partial charge >= 0.3 is 0 Å². The first kappa shape index (κ1) is 11.4. The highest BCUT2D eigenvalue weighted by molar-refractivity contribution is 5.87. The number of aromatic hydroxyl groups is 1. The average Bonchev–Trinajstić information content (AvgIpc) is 2.67. The van der Waals surface area contributed by atoms with Crippen LogP contribution in [-0.2, 0) is 4.74 Å². The van der Waals surface area contributed by atoms with Crippen molar-refractivity contribution in [2.75, 3.05) is 19.8 Å². The molecule has 2 N–H and O–H groups in total. The molecule has 0 bridgehead atoms. The Bertz CT molecular complexity index is 548. The zero-order valence-electron chi connectivity index (χ0n) is 10.1. The van der Waals surface area contributed by atoms with E-state index in [1.807, 2.05) is 18.2 Å². The standard InChI is InChI=1S/C14H16N2O2/c17-13-4-1-3-11-10(5-7-16-14(11)13)12-9-18-8-2-6-15-12/h1,3-5,7,12,15,17H,2,6,8-9H2. The quantitative estimate of drug-likeness (QED) is 0.805. The highest BCUT2D eigenvalue weighted by Gasteiger charge is 2.17. The molecule has 1 aliphatic rings. The number of phenols is 1. The molecular formula is C14H16N2O2. The molecule has 1 aromatic carbocycles.